The molecule has 2 N–H and O–H groups in total. The molecule has 0 saturated carbocycles. The van der Waals surface area contributed by atoms with E-state index in [1.165, 1.54) is 13.0 Å². The van der Waals surface area contributed by atoms with Gasteiger partial charge in [0.2, 0.25) is 0 Å². The van der Waals surface area contributed by atoms with Crippen LogP contribution in [0.15, 0.2) is 24.3 Å². The first-order chi connectivity index (χ1) is 12.4. The van der Waals surface area contributed by atoms with Gasteiger partial charge in [0.15, 0.2) is 0 Å². The molecule has 2 atom stereocenters. The number of para-hydroxylation sites is 1. The molecule has 1 aliphatic heterocycles. The van der Waals surface area contributed by atoms with Gasteiger partial charge in [-0.05, 0) is 44.0 Å². The molecular formula is C18H18F6N2O. The van der Waals surface area contributed by atoms with Crippen molar-refractivity contribution in [2.75, 3.05) is 6.54 Å². The number of piperidine rings is 1. The zero-order valence-corrected chi connectivity index (χ0v) is 14.4. The lowest BCUT2D eigenvalue weighted by molar-refractivity contribution is -0.142. The van der Waals surface area contributed by atoms with Gasteiger partial charge in [0.1, 0.15) is 11.3 Å². The van der Waals surface area contributed by atoms with Crippen LogP contribution in [0, 0.1) is 0 Å². The van der Waals surface area contributed by atoms with Gasteiger partial charge >= 0.3 is 12.4 Å². The maximum atomic E-state index is 13.3. The normalized spacial score (nSPS) is 21.3. The van der Waals surface area contributed by atoms with E-state index in [1.54, 1.807) is 0 Å². The molecule has 2 aromatic rings. The molecule has 148 valence electrons. The molecule has 0 aliphatic carbocycles. The Bertz CT molecular complexity index is 838. The molecule has 9 heteroatoms. The Labute approximate surface area is 151 Å². The molecule has 27 heavy (non-hydrogen) atoms. The molecule has 1 aromatic carbocycles. The van der Waals surface area contributed by atoms with Crippen molar-refractivity contribution in [2.45, 2.75) is 50.2 Å². The molecule has 0 bridgehead atoms. The van der Waals surface area contributed by atoms with E-state index in [1.807, 2.05) is 0 Å². The molecule has 0 amide bonds. The summed E-state index contributed by atoms with van der Waals surface area (Å²) in [4.78, 5) is 3.26. The number of fused-ring (bicyclic) bond motifs is 1. The largest absolute Gasteiger partial charge is 0.433 e. The van der Waals surface area contributed by atoms with Crippen LogP contribution in [0.5, 0.6) is 0 Å². The predicted octanol–water partition coefficient (Wildman–Crippen LogP) is 4.62. The number of nitrogens with one attached hydrogen (secondary N) is 1. The molecule has 0 spiro atoms. The number of nitrogens with zero attached hydrogens (tertiary/aromatic N) is 1. The topological polar surface area (TPSA) is 45.2 Å². The predicted molar refractivity (Wildman–Crippen MR) is 87.0 cm³/mol. The van der Waals surface area contributed by atoms with E-state index in [0.29, 0.717) is 25.1 Å². The van der Waals surface area contributed by atoms with Crippen LogP contribution in [0.25, 0.3) is 10.9 Å². The van der Waals surface area contributed by atoms with Gasteiger partial charge in [-0.1, -0.05) is 18.6 Å². The Balaban J connectivity index is 2.30. The van der Waals surface area contributed by atoms with Crippen LogP contribution >= 0.6 is 0 Å². The molecule has 1 aromatic heterocycles. The van der Waals surface area contributed by atoms with Gasteiger partial charge in [-0.2, -0.15) is 26.3 Å². The smallest absolute Gasteiger partial charge is 0.384 e. The number of pyridine rings is 1. The number of benzene rings is 1. The van der Waals surface area contributed by atoms with Crippen molar-refractivity contribution in [3.8, 4) is 0 Å². The highest BCUT2D eigenvalue weighted by Crippen LogP contribution is 2.41. The zero-order chi connectivity index (χ0) is 20.0. The maximum Gasteiger partial charge on any atom is 0.433 e. The van der Waals surface area contributed by atoms with E-state index in [9.17, 15) is 31.4 Å². The lowest BCUT2D eigenvalue weighted by Gasteiger charge is -2.37. The average molecular weight is 392 g/mol. The maximum absolute atomic E-state index is 13.3. The summed E-state index contributed by atoms with van der Waals surface area (Å²) in [6.07, 6.45) is -7.70. The second-order valence-corrected chi connectivity index (χ2v) is 6.90. The van der Waals surface area contributed by atoms with E-state index < -0.39 is 40.8 Å². The number of alkyl halides is 6. The highest BCUT2D eigenvalue weighted by atomic mass is 19.4. The minimum Gasteiger partial charge on any atom is -0.384 e. The Morgan fingerprint density at radius 3 is 2.30 bits per heavy atom. The fourth-order valence-electron chi connectivity index (χ4n) is 3.56. The second-order valence-electron chi connectivity index (χ2n) is 6.90. The minimum absolute atomic E-state index is 0.143. The van der Waals surface area contributed by atoms with Crippen molar-refractivity contribution in [3.63, 3.8) is 0 Å². The standard InChI is InChI=1S/C18H18F6N2O/c1-16(27,13-7-2-3-8-25-13)12-9-14(18(22,23)24)26-15-10(12)5-4-6-11(15)17(19,20)21/h4-6,9,13,25,27H,2-3,7-8H2,1H3. The summed E-state index contributed by atoms with van der Waals surface area (Å²) >= 11 is 0. The second kappa shape index (κ2) is 6.63. The monoisotopic (exact) mass is 392 g/mol. The molecule has 1 fully saturated rings. The Morgan fingerprint density at radius 2 is 1.74 bits per heavy atom. The molecule has 2 unspecified atom stereocenters. The number of aliphatic hydroxyl groups is 1. The third-order valence-corrected chi connectivity index (χ3v) is 4.97. The van der Waals surface area contributed by atoms with Crippen molar-refractivity contribution >= 4 is 10.9 Å². The highest BCUT2D eigenvalue weighted by Gasteiger charge is 2.42. The lowest BCUT2D eigenvalue weighted by Crippen LogP contribution is -2.49. The Hall–Kier alpha value is -1.87. The van der Waals surface area contributed by atoms with Gasteiger partial charge in [0.05, 0.1) is 11.1 Å². The number of hydrogen-bond acceptors (Lipinski definition) is 3. The van der Waals surface area contributed by atoms with Crippen LogP contribution in [-0.4, -0.2) is 22.7 Å². The van der Waals surface area contributed by atoms with E-state index in [4.69, 9.17) is 0 Å². The average Bonchev–Trinajstić information content (AvgIpc) is 2.59. The first-order valence-corrected chi connectivity index (χ1v) is 8.47. The molecular weight excluding hydrogens is 374 g/mol. The van der Waals surface area contributed by atoms with Gasteiger partial charge in [0.25, 0.3) is 0 Å². The van der Waals surface area contributed by atoms with Gasteiger partial charge in [-0.25, -0.2) is 4.98 Å². The summed E-state index contributed by atoms with van der Waals surface area (Å²) < 4.78 is 79.9. The molecule has 1 aliphatic rings. The van der Waals surface area contributed by atoms with E-state index in [2.05, 4.69) is 10.3 Å². The van der Waals surface area contributed by atoms with Gasteiger partial charge in [0, 0.05) is 11.4 Å². The molecule has 0 radical (unpaired) electrons. The summed E-state index contributed by atoms with van der Waals surface area (Å²) in [6, 6.07) is 3.12. The van der Waals surface area contributed by atoms with Crippen LogP contribution in [0.4, 0.5) is 26.3 Å². The van der Waals surface area contributed by atoms with Crippen LogP contribution in [-0.2, 0) is 18.0 Å². The van der Waals surface area contributed by atoms with Crippen molar-refractivity contribution in [3.05, 3.63) is 41.1 Å². The van der Waals surface area contributed by atoms with Gasteiger partial charge in [-0.15, -0.1) is 0 Å². The quantitative estimate of drug-likeness (QED) is 0.733. The SMILES string of the molecule is CC(O)(c1cc(C(F)(F)F)nc2c(C(F)(F)F)cccc12)C1CCCCN1. The molecule has 3 rings (SSSR count). The lowest BCUT2D eigenvalue weighted by atomic mass is 9.81. The minimum atomic E-state index is -4.95. The molecule has 1 saturated heterocycles. The van der Waals surface area contributed by atoms with Crippen molar-refractivity contribution in [1.82, 2.24) is 10.3 Å². The third-order valence-electron chi connectivity index (χ3n) is 4.97. The summed E-state index contributed by atoms with van der Waals surface area (Å²) in [5, 5.41) is 14.0. The fourth-order valence-corrected chi connectivity index (χ4v) is 3.56. The van der Waals surface area contributed by atoms with Crippen molar-refractivity contribution in [1.29, 1.82) is 0 Å². The van der Waals surface area contributed by atoms with E-state index >= 15 is 0 Å². The Morgan fingerprint density at radius 1 is 1.04 bits per heavy atom. The number of aromatic nitrogens is 1. The summed E-state index contributed by atoms with van der Waals surface area (Å²) in [7, 11) is 0. The fraction of sp³-hybridized carbons (Fsp3) is 0.500. The summed E-state index contributed by atoms with van der Waals surface area (Å²) in [5.74, 6) is 0. The van der Waals surface area contributed by atoms with Gasteiger partial charge < -0.3 is 10.4 Å². The van der Waals surface area contributed by atoms with Gasteiger partial charge in [-0.3, -0.25) is 0 Å². The highest BCUT2D eigenvalue weighted by molar-refractivity contribution is 5.86. The van der Waals surface area contributed by atoms with Crippen molar-refractivity contribution in [2.24, 2.45) is 0 Å². The van der Waals surface area contributed by atoms with Crippen LogP contribution < -0.4 is 5.32 Å². The van der Waals surface area contributed by atoms with E-state index in [0.717, 1.165) is 18.9 Å². The number of rotatable bonds is 2. The molecule has 3 nitrogen and oxygen atoms in total. The van der Waals surface area contributed by atoms with Crippen molar-refractivity contribution < 1.29 is 31.4 Å². The molecule has 2 heterocycles. The number of hydrogen-bond donors (Lipinski definition) is 2. The first-order valence-electron chi connectivity index (χ1n) is 8.47. The number of halogens is 6. The third kappa shape index (κ3) is 3.75. The Kier molecular flexibility index (Phi) is 4.88. The van der Waals surface area contributed by atoms with Crippen LogP contribution in [0.3, 0.4) is 0 Å². The van der Waals surface area contributed by atoms with Crippen LogP contribution in [0.1, 0.15) is 43.0 Å². The van der Waals surface area contributed by atoms with Crippen LogP contribution in [0.2, 0.25) is 0 Å². The van der Waals surface area contributed by atoms with E-state index in [-0.39, 0.29) is 10.9 Å². The summed E-state index contributed by atoms with van der Waals surface area (Å²) in [5.41, 5.74) is -5.56. The summed E-state index contributed by atoms with van der Waals surface area (Å²) in [6.45, 7) is 1.90. The first kappa shape index (κ1) is 19.9. The zero-order valence-electron chi connectivity index (χ0n) is 14.4.